The molecule has 1 aromatic carbocycles. The number of Topliss-reactive ketones (excluding diaryl/α,β-unsaturated/α-hetero) is 1. The molecule has 0 unspecified atom stereocenters. The van der Waals surface area contributed by atoms with Gasteiger partial charge in [-0.2, -0.15) is 0 Å². The van der Waals surface area contributed by atoms with E-state index in [2.05, 4.69) is 12.2 Å². The Hall–Kier alpha value is -0.860. The summed E-state index contributed by atoms with van der Waals surface area (Å²) in [6.45, 7) is 6.83. The van der Waals surface area contributed by atoms with Crippen LogP contribution < -0.4 is 5.32 Å². The molecule has 0 atom stereocenters. The Labute approximate surface area is 108 Å². The highest BCUT2D eigenvalue weighted by Gasteiger charge is 2.27. The molecule has 0 aliphatic carbocycles. The smallest absolute Gasteiger partial charge is 0.182 e. The Bertz CT molecular complexity index is 370. The Kier molecular flexibility index (Phi) is 5.16. The summed E-state index contributed by atoms with van der Waals surface area (Å²) in [5.41, 5.74) is 0.173. The highest BCUT2D eigenvalue weighted by molar-refractivity contribution is 6.30. The van der Waals surface area contributed by atoms with Crippen LogP contribution in [-0.2, 0) is 0 Å². The number of hydrogen-bond donors (Lipinski definition) is 1. The number of carbonyl (C=O) groups excluding carboxylic acids is 1. The largest absolute Gasteiger partial charge is 0.305 e. The van der Waals surface area contributed by atoms with Crippen LogP contribution >= 0.6 is 11.6 Å². The minimum Gasteiger partial charge on any atom is -0.305 e. The van der Waals surface area contributed by atoms with Crippen LogP contribution in [0.1, 0.15) is 44.0 Å². The highest BCUT2D eigenvalue weighted by Crippen LogP contribution is 2.16. The van der Waals surface area contributed by atoms with Crippen LogP contribution in [-0.4, -0.2) is 17.9 Å². The van der Waals surface area contributed by atoms with Crippen LogP contribution in [0.25, 0.3) is 0 Å². The Morgan fingerprint density at radius 1 is 1.29 bits per heavy atom. The van der Waals surface area contributed by atoms with Crippen molar-refractivity contribution in [2.45, 2.75) is 39.2 Å². The normalized spacial score (nSPS) is 11.5. The lowest BCUT2D eigenvalue weighted by atomic mass is 9.93. The van der Waals surface area contributed by atoms with Crippen molar-refractivity contribution in [3.8, 4) is 0 Å². The van der Waals surface area contributed by atoms with E-state index in [1.54, 1.807) is 24.3 Å². The number of hydrogen-bond acceptors (Lipinski definition) is 2. The predicted octanol–water partition coefficient (Wildman–Crippen LogP) is 3.69. The quantitative estimate of drug-likeness (QED) is 0.619. The van der Waals surface area contributed by atoms with Gasteiger partial charge < -0.3 is 5.32 Å². The zero-order valence-electron chi connectivity index (χ0n) is 10.7. The van der Waals surface area contributed by atoms with Crippen molar-refractivity contribution >= 4 is 17.4 Å². The average Bonchev–Trinajstić information content (AvgIpc) is 2.29. The molecule has 0 fully saturated rings. The van der Waals surface area contributed by atoms with Crippen LogP contribution in [0.5, 0.6) is 0 Å². The van der Waals surface area contributed by atoms with E-state index in [9.17, 15) is 4.79 Å². The second-order valence-electron chi connectivity index (χ2n) is 4.74. The molecule has 1 aromatic rings. The van der Waals surface area contributed by atoms with E-state index < -0.39 is 5.54 Å². The first-order chi connectivity index (χ1) is 7.97. The molecule has 0 radical (unpaired) electrons. The second-order valence-corrected chi connectivity index (χ2v) is 5.18. The van der Waals surface area contributed by atoms with Crippen molar-refractivity contribution in [3.63, 3.8) is 0 Å². The molecule has 94 valence electrons. The molecule has 0 amide bonds. The summed E-state index contributed by atoms with van der Waals surface area (Å²) < 4.78 is 0. The van der Waals surface area contributed by atoms with Gasteiger partial charge in [-0.05, 0) is 51.1 Å². The fraction of sp³-hybridized carbons (Fsp3) is 0.500. The molecule has 0 saturated heterocycles. The molecular weight excluding hydrogens is 234 g/mol. The maximum atomic E-state index is 12.3. The first-order valence-electron chi connectivity index (χ1n) is 6.03. The molecule has 2 nitrogen and oxygen atoms in total. The standard InChI is InChI=1S/C14H20ClNO/c1-4-5-10-16-14(2,3)13(17)11-6-8-12(15)9-7-11/h6-9,16H,4-5,10H2,1-3H3. The van der Waals surface area contributed by atoms with E-state index in [-0.39, 0.29) is 5.78 Å². The summed E-state index contributed by atoms with van der Waals surface area (Å²) in [5.74, 6) is 0.102. The highest BCUT2D eigenvalue weighted by atomic mass is 35.5. The van der Waals surface area contributed by atoms with Crippen molar-refractivity contribution in [2.75, 3.05) is 6.54 Å². The number of carbonyl (C=O) groups is 1. The molecular formula is C14H20ClNO. The molecule has 0 heterocycles. The fourth-order valence-corrected chi connectivity index (χ4v) is 1.75. The second kappa shape index (κ2) is 6.18. The van der Waals surface area contributed by atoms with Crippen molar-refractivity contribution in [2.24, 2.45) is 0 Å². The van der Waals surface area contributed by atoms with Crippen LogP contribution in [0.15, 0.2) is 24.3 Å². The van der Waals surface area contributed by atoms with E-state index >= 15 is 0 Å². The van der Waals surface area contributed by atoms with Gasteiger partial charge in [-0.25, -0.2) is 0 Å². The summed E-state index contributed by atoms with van der Waals surface area (Å²) in [6.07, 6.45) is 2.20. The monoisotopic (exact) mass is 253 g/mol. The lowest BCUT2D eigenvalue weighted by Crippen LogP contribution is -2.47. The van der Waals surface area contributed by atoms with Crippen molar-refractivity contribution in [1.82, 2.24) is 5.32 Å². The van der Waals surface area contributed by atoms with Crippen LogP contribution in [0.2, 0.25) is 5.02 Å². The molecule has 0 aliphatic heterocycles. The molecule has 1 rings (SSSR count). The maximum absolute atomic E-state index is 12.3. The topological polar surface area (TPSA) is 29.1 Å². The van der Waals surface area contributed by atoms with Crippen LogP contribution in [0.4, 0.5) is 0 Å². The number of unbranched alkanes of at least 4 members (excludes halogenated alkanes) is 1. The molecule has 0 aliphatic rings. The van der Waals surface area contributed by atoms with Gasteiger partial charge in [0.2, 0.25) is 0 Å². The molecule has 0 aromatic heterocycles. The predicted molar refractivity (Wildman–Crippen MR) is 72.8 cm³/mol. The van der Waals surface area contributed by atoms with Crippen LogP contribution in [0.3, 0.4) is 0 Å². The average molecular weight is 254 g/mol. The Balaban J connectivity index is 2.70. The lowest BCUT2D eigenvalue weighted by Gasteiger charge is -2.25. The van der Waals surface area contributed by atoms with Gasteiger partial charge in [0.25, 0.3) is 0 Å². The van der Waals surface area contributed by atoms with Gasteiger partial charge in [0, 0.05) is 10.6 Å². The first-order valence-corrected chi connectivity index (χ1v) is 6.40. The number of rotatable bonds is 6. The SMILES string of the molecule is CCCCNC(C)(C)C(=O)c1ccc(Cl)cc1. The van der Waals surface area contributed by atoms with Gasteiger partial charge in [0.05, 0.1) is 5.54 Å². The third-order valence-electron chi connectivity index (χ3n) is 2.77. The minimum absolute atomic E-state index is 0.102. The van der Waals surface area contributed by atoms with Gasteiger partial charge in [-0.1, -0.05) is 24.9 Å². The summed E-state index contributed by atoms with van der Waals surface area (Å²) in [5, 5.41) is 3.94. The zero-order valence-corrected chi connectivity index (χ0v) is 11.5. The molecule has 1 N–H and O–H groups in total. The third kappa shape index (κ3) is 4.14. The maximum Gasteiger partial charge on any atom is 0.182 e. The number of benzene rings is 1. The van der Waals surface area contributed by atoms with Crippen LogP contribution in [0, 0.1) is 0 Å². The van der Waals surface area contributed by atoms with Crippen molar-refractivity contribution < 1.29 is 4.79 Å². The Morgan fingerprint density at radius 2 is 1.88 bits per heavy atom. The molecule has 0 bridgehead atoms. The summed E-state index contributed by atoms with van der Waals surface area (Å²) >= 11 is 5.81. The minimum atomic E-state index is -0.525. The van der Waals surface area contributed by atoms with Crippen molar-refractivity contribution in [3.05, 3.63) is 34.9 Å². The van der Waals surface area contributed by atoms with Gasteiger partial charge in [0.15, 0.2) is 5.78 Å². The summed E-state index contributed by atoms with van der Waals surface area (Å²) in [7, 11) is 0. The lowest BCUT2D eigenvalue weighted by molar-refractivity contribution is 0.0882. The number of ketones is 1. The van der Waals surface area contributed by atoms with E-state index in [1.165, 1.54) is 0 Å². The van der Waals surface area contributed by atoms with E-state index in [0.717, 1.165) is 19.4 Å². The first kappa shape index (κ1) is 14.2. The molecule has 0 spiro atoms. The third-order valence-corrected chi connectivity index (χ3v) is 3.02. The molecule has 17 heavy (non-hydrogen) atoms. The van der Waals surface area contributed by atoms with E-state index in [0.29, 0.717) is 10.6 Å². The Morgan fingerprint density at radius 3 is 2.41 bits per heavy atom. The van der Waals surface area contributed by atoms with E-state index in [4.69, 9.17) is 11.6 Å². The van der Waals surface area contributed by atoms with E-state index in [1.807, 2.05) is 13.8 Å². The number of nitrogens with one attached hydrogen (secondary N) is 1. The summed E-state index contributed by atoms with van der Waals surface area (Å²) in [4.78, 5) is 12.3. The molecule has 3 heteroatoms. The zero-order chi connectivity index (χ0) is 12.9. The van der Waals surface area contributed by atoms with Gasteiger partial charge in [0.1, 0.15) is 0 Å². The van der Waals surface area contributed by atoms with Crippen molar-refractivity contribution in [1.29, 1.82) is 0 Å². The molecule has 0 saturated carbocycles. The fourth-order valence-electron chi connectivity index (χ4n) is 1.62. The number of halogens is 1. The van der Waals surface area contributed by atoms with Gasteiger partial charge >= 0.3 is 0 Å². The van der Waals surface area contributed by atoms with Gasteiger partial charge in [-0.3, -0.25) is 4.79 Å². The summed E-state index contributed by atoms with van der Waals surface area (Å²) in [6, 6.07) is 7.04. The van der Waals surface area contributed by atoms with Gasteiger partial charge in [-0.15, -0.1) is 0 Å².